The molecule has 1 aromatic carbocycles. The van der Waals surface area contributed by atoms with Crippen molar-refractivity contribution in [3.8, 4) is 0 Å². The first kappa shape index (κ1) is 12.3. The van der Waals surface area contributed by atoms with E-state index in [-0.39, 0.29) is 11.2 Å². The fourth-order valence-electron chi connectivity index (χ4n) is 1.42. The predicted octanol–water partition coefficient (Wildman–Crippen LogP) is 4.13. The minimum absolute atomic E-state index is 0.161. The van der Waals surface area contributed by atoms with Crippen LogP contribution in [0, 0.1) is 5.41 Å². The lowest BCUT2D eigenvalue weighted by atomic mass is 9.86. The van der Waals surface area contributed by atoms with Crippen molar-refractivity contribution >= 4 is 17.4 Å². The molecule has 0 atom stereocenters. The monoisotopic (exact) mass is 224 g/mol. The molecule has 0 N–H and O–H groups in total. The number of ketones is 1. The average molecular weight is 225 g/mol. The van der Waals surface area contributed by atoms with Gasteiger partial charge >= 0.3 is 0 Å². The van der Waals surface area contributed by atoms with Gasteiger partial charge in [-0.05, 0) is 30.2 Å². The fraction of sp³-hybridized carbons (Fsp3) is 0.462. The van der Waals surface area contributed by atoms with Gasteiger partial charge in [-0.1, -0.05) is 39.3 Å². The molecular weight excluding hydrogens is 208 g/mol. The van der Waals surface area contributed by atoms with Crippen LogP contribution in [0.1, 0.15) is 43.6 Å². The van der Waals surface area contributed by atoms with Gasteiger partial charge in [0.15, 0.2) is 5.78 Å². The number of Topliss-reactive ketones (excluding diaryl/α,β-unsaturated/α-hetero) is 1. The number of carbonyl (C=O) groups is 1. The number of aryl methyl sites for hydroxylation is 1. The van der Waals surface area contributed by atoms with Crippen LogP contribution in [0.15, 0.2) is 18.2 Å². The minimum Gasteiger partial charge on any atom is -0.294 e. The van der Waals surface area contributed by atoms with Gasteiger partial charge in [0.2, 0.25) is 0 Å². The van der Waals surface area contributed by atoms with Gasteiger partial charge in [0.1, 0.15) is 0 Å². The van der Waals surface area contributed by atoms with Crippen molar-refractivity contribution in [1.29, 1.82) is 0 Å². The predicted molar refractivity (Wildman–Crippen MR) is 64.6 cm³/mol. The highest BCUT2D eigenvalue weighted by atomic mass is 35.5. The summed E-state index contributed by atoms with van der Waals surface area (Å²) in [5.74, 6) is 0.161. The molecular formula is C13H17ClO. The largest absolute Gasteiger partial charge is 0.294 e. The quantitative estimate of drug-likeness (QED) is 0.691. The van der Waals surface area contributed by atoms with Crippen molar-refractivity contribution in [2.45, 2.75) is 34.1 Å². The van der Waals surface area contributed by atoms with Crippen molar-refractivity contribution in [1.82, 2.24) is 0 Å². The Bertz CT molecular complexity index is 375. The summed E-state index contributed by atoms with van der Waals surface area (Å²) in [7, 11) is 0. The van der Waals surface area contributed by atoms with E-state index in [9.17, 15) is 4.79 Å². The third-order valence-electron chi connectivity index (χ3n) is 2.37. The van der Waals surface area contributed by atoms with E-state index in [1.165, 1.54) is 0 Å². The molecule has 1 aromatic rings. The van der Waals surface area contributed by atoms with Crippen LogP contribution < -0.4 is 0 Å². The van der Waals surface area contributed by atoms with Crippen LogP contribution in [-0.2, 0) is 6.42 Å². The van der Waals surface area contributed by atoms with E-state index in [1.807, 2.05) is 33.8 Å². The van der Waals surface area contributed by atoms with Crippen LogP contribution in [-0.4, -0.2) is 5.78 Å². The number of carbonyl (C=O) groups excluding carboxylic acids is 1. The minimum atomic E-state index is -0.334. The van der Waals surface area contributed by atoms with Crippen LogP contribution >= 0.6 is 11.6 Å². The van der Waals surface area contributed by atoms with E-state index >= 15 is 0 Å². The zero-order valence-electron chi connectivity index (χ0n) is 9.73. The molecule has 0 aliphatic carbocycles. The van der Waals surface area contributed by atoms with E-state index in [1.54, 1.807) is 12.1 Å². The Labute approximate surface area is 96.5 Å². The molecule has 82 valence electrons. The second-order valence-electron chi connectivity index (χ2n) is 4.74. The highest BCUT2D eigenvalue weighted by Gasteiger charge is 2.23. The first-order chi connectivity index (χ1) is 6.86. The number of hydrogen-bond acceptors (Lipinski definition) is 1. The van der Waals surface area contributed by atoms with Crippen molar-refractivity contribution in [3.63, 3.8) is 0 Å². The molecule has 0 heterocycles. The summed E-state index contributed by atoms with van der Waals surface area (Å²) in [6, 6.07) is 5.50. The number of hydrogen-bond donors (Lipinski definition) is 0. The summed E-state index contributed by atoms with van der Waals surface area (Å²) in [4.78, 5) is 12.0. The van der Waals surface area contributed by atoms with Crippen molar-refractivity contribution in [2.75, 3.05) is 0 Å². The molecule has 0 aliphatic rings. The van der Waals surface area contributed by atoms with E-state index in [0.29, 0.717) is 0 Å². The van der Waals surface area contributed by atoms with Gasteiger partial charge in [0.05, 0.1) is 0 Å². The van der Waals surface area contributed by atoms with Crippen molar-refractivity contribution in [2.24, 2.45) is 5.41 Å². The second kappa shape index (κ2) is 4.36. The normalized spacial score (nSPS) is 11.5. The van der Waals surface area contributed by atoms with Crippen LogP contribution in [0.2, 0.25) is 5.02 Å². The highest BCUT2D eigenvalue weighted by molar-refractivity contribution is 6.31. The van der Waals surface area contributed by atoms with E-state index in [2.05, 4.69) is 0 Å². The highest BCUT2D eigenvalue weighted by Crippen LogP contribution is 2.24. The molecule has 1 nitrogen and oxygen atoms in total. The topological polar surface area (TPSA) is 17.1 Å². The van der Waals surface area contributed by atoms with E-state index in [0.717, 1.165) is 22.6 Å². The SMILES string of the molecule is CCc1cc(C(=O)C(C)(C)C)ccc1Cl. The summed E-state index contributed by atoms with van der Waals surface area (Å²) in [6.45, 7) is 7.81. The van der Waals surface area contributed by atoms with Crippen LogP contribution in [0.25, 0.3) is 0 Å². The van der Waals surface area contributed by atoms with E-state index < -0.39 is 0 Å². The molecule has 0 aliphatic heterocycles. The van der Waals surface area contributed by atoms with Crippen molar-refractivity contribution in [3.05, 3.63) is 34.3 Å². The Morgan fingerprint density at radius 2 is 1.93 bits per heavy atom. The zero-order valence-corrected chi connectivity index (χ0v) is 10.5. The van der Waals surface area contributed by atoms with Gasteiger partial charge in [-0.3, -0.25) is 4.79 Å². The summed E-state index contributed by atoms with van der Waals surface area (Å²) in [5, 5.41) is 0.739. The van der Waals surface area contributed by atoms with Gasteiger partial charge < -0.3 is 0 Å². The van der Waals surface area contributed by atoms with E-state index in [4.69, 9.17) is 11.6 Å². The first-order valence-electron chi connectivity index (χ1n) is 5.19. The molecule has 0 radical (unpaired) electrons. The number of rotatable bonds is 2. The molecule has 1 rings (SSSR count). The van der Waals surface area contributed by atoms with Gasteiger partial charge in [-0.25, -0.2) is 0 Å². The lowest BCUT2D eigenvalue weighted by Crippen LogP contribution is -2.20. The maximum atomic E-state index is 12.0. The van der Waals surface area contributed by atoms with Gasteiger partial charge in [0, 0.05) is 16.0 Å². The number of benzene rings is 1. The second-order valence-corrected chi connectivity index (χ2v) is 5.15. The average Bonchev–Trinajstić information content (AvgIpc) is 2.16. The summed E-state index contributed by atoms with van der Waals surface area (Å²) < 4.78 is 0. The number of halogens is 1. The third-order valence-corrected chi connectivity index (χ3v) is 2.74. The standard InChI is InChI=1S/C13H17ClO/c1-5-9-8-10(6-7-11(9)14)12(15)13(2,3)4/h6-8H,5H2,1-4H3. The van der Waals surface area contributed by atoms with Gasteiger partial charge in [0.25, 0.3) is 0 Å². The Hall–Kier alpha value is -0.820. The third kappa shape index (κ3) is 2.82. The molecule has 0 saturated heterocycles. The fourth-order valence-corrected chi connectivity index (χ4v) is 1.67. The Morgan fingerprint density at radius 1 is 1.33 bits per heavy atom. The van der Waals surface area contributed by atoms with Crippen LogP contribution in [0.4, 0.5) is 0 Å². The molecule has 0 unspecified atom stereocenters. The summed E-state index contributed by atoms with van der Waals surface area (Å²) >= 11 is 6.00. The van der Waals surface area contributed by atoms with Crippen LogP contribution in [0.5, 0.6) is 0 Å². The zero-order chi connectivity index (χ0) is 11.6. The molecule has 0 fully saturated rings. The lowest BCUT2D eigenvalue weighted by molar-refractivity contribution is 0.0858. The van der Waals surface area contributed by atoms with Gasteiger partial charge in [-0.2, -0.15) is 0 Å². The summed E-state index contributed by atoms with van der Waals surface area (Å²) in [6.07, 6.45) is 0.851. The maximum absolute atomic E-state index is 12.0. The molecule has 0 amide bonds. The smallest absolute Gasteiger partial charge is 0.168 e. The Kier molecular flexibility index (Phi) is 3.56. The molecule has 0 bridgehead atoms. The molecule has 2 heteroatoms. The summed E-state index contributed by atoms with van der Waals surface area (Å²) in [5.41, 5.74) is 1.45. The lowest BCUT2D eigenvalue weighted by Gasteiger charge is -2.17. The Morgan fingerprint density at radius 3 is 2.40 bits per heavy atom. The maximum Gasteiger partial charge on any atom is 0.168 e. The Balaban J connectivity index is 3.12. The molecule has 15 heavy (non-hydrogen) atoms. The molecule has 0 aromatic heterocycles. The van der Waals surface area contributed by atoms with Crippen molar-refractivity contribution < 1.29 is 4.79 Å². The van der Waals surface area contributed by atoms with Gasteiger partial charge in [-0.15, -0.1) is 0 Å². The first-order valence-corrected chi connectivity index (χ1v) is 5.57. The molecule has 0 saturated carbocycles. The van der Waals surface area contributed by atoms with Crippen LogP contribution in [0.3, 0.4) is 0 Å². The molecule has 0 spiro atoms.